The van der Waals surface area contributed by atoms with Crippen molar-refractivity contribution in [2.45, 2.75) is 78.2 Å². The number of carbonyl (C=O) groups excluding carboxylic acids is 1. The normalized spacial score (nSPS) is 38.1. The zero-order valence-corrected chi connectivity index (χ0v) is 16.5. The van der Waals surface area contributed by atoms with E-state index >= 15 is 0 Å². The second-order valence-corrected chi connectivity index (χ2v) is 7.88. The molecule has 1 aliphatic heterocycles. The maximum Gasteiger partial charge on any atom is 0.246 e. The topological polar surface area (TPSA) is 29.1 Å². The Kier molecular flexibility index (Phi) is 6.53. The van der Waals surface area contributed by atoms with Gasteiger partial charge >= 0.3 is 0 Å². The highest BCUT2D eigenvalue weighted by Gasteiger charge is 2.48. The third-order valence-electron chi connectivity index (χ3n) is 6.31. The van der Waals surface area contributed by atoms with Gasteiger partial charge in [0, 0.05) is 11.6 Å². The third kappa shape index (κ3) is 3.75. The number of nitrogens with one attached hydrogen (secondary N) is 1. The molecule has 0 aromatic carbocycles. The fourth-order valence-electron chi connectivity index (χ4n) is 5.06. The fraction of sp³-hybridized carbons (Fsp3) is 0.750. The molecule has 2 nitrogen and oxygen atoms in total. The molecule has 4 unspecified atom stereocenters. The number of hydrogen-bond acceptors (Lipinski definition) is 1. The molecule has 130 valence electrons. The molecule has 1 amide bonds. The highest BCUT2D eigenvalue weighted by atomic mass is 79.9. The number of allylic oxidation sites excluding steroid dienone is 1. The first-order valence-electron chi connectivity index (χ1n) is 9.32. The number of halogens is 1. The fourth-order valence-corrected chi connectivity index (χ4v) is 5.60. The van der Waals surface area contributed by atoms with Crippen LogP contribution in [0.5, 0.6) is 0 Å². The third-order valence-corrected chi connectivity index (χ3v) is 6.90. The summed E-state index contributed by atoms with van der Waals surface area (Å²) >= 11 is 3.58. The van der Waals surface area contributed by atoms with Crippen LogP contribution in [-0.2, 0) is 4.79 Å². The van der Waals surface area contributed by atoms with Crippen LogP contribution in [0.25, 0.3) is 0 Å². The molecular weight excluding hydrogens is 350 g/mol. The smallest absolute Gasteiger partial charge is 0.246 e. The number of rotatable bonds is 3. The molecule has 3 fully saturated rings. The van der Waals surface area contributed by atoms with Gasteiger partial charge in [-0.05, 0) is 73.6 Å². The van der Waals surface area contributed by atoms with Gasteiger partial charge in [0.25, 0.3) is 0 Å². The van der Waals surface area contributed by atoms with Crippen LogP contribution in [0.3, 0.4) is 0 Å². The Balaban J connectivity index is 0.000000924. The van der Waals surface area contributed by atoms with Gasteiger partial charge in [-0.3, -0.25) is 4.79 Å². The molecular formula is C20H32BrNO. The molecule has 3 heteroatoms. The Bertz CT molecular complexity index is 468. The first-order valence-corrected chi connectivity index (χ1v) is 10.2. The first kappa shape index (κ1) is 18.8. The summed E-state index contributed by atoms with van der Waals surface area (Å²) in [5.41, 5.74) is 2.88. The van der Waals surface area contributed by atoms with Crippen molar-refractivity contribution in [3.05, 3.63) is 22.7 Å². The van der Waals surface area contributed by atoms with Crippen LogP contribution in [0.1, 0.15) is 72.1 Å². The summed E-state index contributed by atoms with van der Waals surface area (Å²) in [6.45, 7) is 10.4. The Morgan fingerprint density at radius 3 is 2.70 bits per heavy atom. The lowest BCUT2D eigenvalue weighted by molar-refractivity contribution is -0.116. The summed E-state index contributed by atoms with van der Waals surface area (Å²) < 4.78 is 0. The van der Waals surface area contributed by atoms with Crippen LogP contribution in [0.2, 0.25) is 0 Å². The lowest BCUT2D eigenvalue weighted by Crippen LogP contribution is -2.34. The minimum absolute atomic E-state index is 0.0673. The molecule has 1 saturated heterocycles. The molecule has 2 aliphatic carbocycles. The summed E-state index contributed by atoms with van der Waals surface area (Å²) in [5, 5.41) is 3.07. The van der Waals surface area contributed by atoms with Crippen molar-refractivity contribution in [2.24, 2.45) is 17.3 Å². The minimum Gasteiger partial charge on any atom is -0.349 e. The van der Waals surface area contributed by atoms with Gasteiger partial charge < -0.3 is 5.32 Å². The number of amides is 1. The molecule has 0 aromatic heterocycles. The Morgan fingerprint density at radius 1 is 1.35 bits per heavy atom. The van der Waals surface area contributed by atoms with E-state index in [4.69, 9.17) is 0 Å². The predicted molar refractivity (Wildman–Crippen MR) is 101 cm³/mol. The number of fused-ring (bicyclic) bond motifs is 1. The SMILES string of the molecule is C=C1CC(CCC2CCC3/C(=C/Br)CCCC23C)NC1=O.CC. The van der Waals surface area contributed by atoms with Gasteiger partial charge in [-0.1, -0.05) is 48.9 Å². The van der Waals surface area contributed by atoms with Gasteiger partial charge in [0.05, 0.1) is 0 Å². The van der Waals surface area contributed by atoms with E-state index in [0.29, 0.717) is 11.5 Å². The number of carbonyl (C=O) groups is 1. The van der Waals surface area contributed by atoms with E-state index < -0.39 is 0 Å². The van der Waals surface area contributed by atoms with Crippen LogP contribution in [-0.4, -0.2) is 11.9 Å². The average molecular weight is 382 g/mol. The maximum atomic E-state index is 11.5. The molecule has 1 N–H and O–H groups in total. The van der Waals surface area contributed by atoms with Crippen molar-refractivity contribution in [2.75, 3.05) is 0 Å². The zero-order chi connectivity index (χ0) is 17.0. The van der Waals surface area contributed by atoms with Crippen molar-refractivity contribution < 1.29 is 4.79 Å². The number of hydrogen-bond donors (Lipinski definition) is 1. The van der Waals surface area contributed by atoms with Gasteiger partial charge in [-0.25, -0.2) is 0 Å². The average Bonchev–Trinajstić information content (AvgIpc) is 3.06. The summed E-state index contributed by atoms with van der Waals surface area (Å²) in [6, 6.07) is 0.336. The van der Waals surface area contributed by atoms with Crippen molar-refractivity contribution in [3.8, 4) is 0 Å². The molecule has 3 rings (SSSR count). The predicted octanol–water partition coefficient (Wildman–Crippen LogP) is 5.73. The molecule has 0 spiro atoms. The summed E-state index contributed by atoms with van der Waals surface area (Å²) in [5.74, 6) is 1.66. The van der Waals surface area contributed by atoms with E-state index in [9.17, 15) is 4.79 Å². The van der Waals surface area contributed by atoms with E-state index in [1.54, 1.807) is 5.57 Å². The standard InChI is InChI=1S/C18H26BrNO.C2H6/c1-12-10-15(20-17(12)21)7-5-14-6-8-16-13(11-19)4-3-9-18(14,16)2;1-2/h11,14-16H,1,3-10H2,2H3,(H,20,21);1-2H3/b13-11+;. The van der Waals surface area contributed by atoms with Crippen LogP contribution in [0, 0.1) is 17.3 Å². The van der Waals surface area contributed by atoms with Crippen LogP contribution in [0.15, 0.2) is 22.7 Å². The largest absolute Gasteiger partial charge is 0.349 e. The van der Waals surface area contributed by atoms with Crippen molar-refractivity contribution in [3.63, 3.8) is 0 Å². The van der Waals surface area contributed by atoms with E-state index in [1.165, 1.54) is 38.5 Å². The Morgan fingerprint density at radius 2 is 2.09 bits per heavy atom. The van der Waals surface area contributed by atoms with Crippen molar-refractivity contribution in [1.29, 1.82) is 0 Å². The van der Waals surface area contributed by atoms with Crippen molar-refractivity contribution in [1.82, 2.24) is 5.32 Å². The molecule has 0 bridgehead atoms. The Hall–Kier alpha value is -0.570. The highest BCUT2D eigenvalue weighted by Crippen LogP contribution is 2.58. The van der Waals surface area contributed by atoms with Crippen molar-refractivity contribution >= 4 is 21.8 Å². The van der Waals surface area contributed by atoms with E-state index in [-0.39, 0.29) is 5.91 Å². The van der Waals surface area contributed by atoms with Gasteiger partial charge in [0.2, 0.25) is 5.91 Å². The highest BCUT2D eigenvalue weighted by molar-refractivity contribution is 9.11. The van der Waals surface area contributed by atoms with Gasteiger partial charge in [0.1, 0.15) is 0 Å². The summed E-state index contributed by atoms with van der Waals surface area (Å²) in [4.78, 5) is 13.7. The van der Waals surface area contributed by atoms with Gasteiger partial charge in [-0.15, -0.1) is 0 Å². The lowest BCUT2D eigenvalue weighted by Gasteiger charge is -2.42. The summed E-state index contributed by atoms with van der Waals surface area (Å²) in [6.07, 6.45) is 9.89. The Labute approximate surface area is 150 Å². The van der Waals surface area contributed by atoms with E-state index in [0.717, 1.165) is 30.3 Å². The first-order chi connectivity index (χ1) is 11.0. The summed E-state index contributed by atoms with van der Waals surface area (Å²) in [7, 11) is 0. The van der Waals surface area contributed by atoms with Gasteiger partial charge in [0.15, 0.2) is 0 Å². The molecule has 1 heterocycles. The van der Waals surface area contributed by atoms with Crippen LogP contribution >= 0.6 is 15.9 Å². The van der Waals surface area contributed by atoms with Gasteiger partial charge in [-0.2, -0.15) is 0 Å². The monoisotopic (exact) mass is 381 g/mol. The van der Waals surface area contributed by atoms with E-state index in [1.807, 2.05) is 13.8 Å². The molecule has 4 atom stereocenters. The van der Waals surface area contributed by atoms with Crippen LogP contribution in [0.4, 0.5) is 0 Å². The molecule has 0 radical (unpaired) electrons. The lowest BCUT2D eigenvalue weighted by atomic mass is 9.63. The molecule has 23 heavy (non-hydrogen) atoms. The second-order valence-electron chi connectivity index (χ2n) is 7.43. The molecule has 2 saturated carbocycles. The minimum atomic E-state index is 0.0673. The van der Waals surface area contributed by atoms with E-state index in [2.05, 4.69) is 39.7 Å². The van der Waals surface area contributed by atoms with Crippen LogP contribution < -0.4 is 5.32 Å². The molecule has 0 aromatic rings. The quantitative estimate of drug-likeness (QED) is 0.620. The molecule has 3 aliphatic rings. The maximum absolute atomic E-state index is 11.5. The zero-order valence-electron chi connectivity index (χ0n) is 15.0. The second kappa shape index (κ2) is 8.00.